The first kappa shape index (κ1) is 12.8. The van der Waals surface area contributed by atoms with Crippen LogP contribution < -0.4 is 10.5 Å². The van der Waals surface area contributed by atoms with E-state index in [1.807, 2.05) is 12.1 Å². The second-order valence-electron chi connectivity index (χ2n) is 3.38. The predicted octanol–water partition coefficient (Wildman–Crippen LogP) is 1.87. The monoisotopic (exact) mass is 281 g/mol. The molecule has 0 saturated heterocycles. The zero-order valence-electron chi connectivity index (χ0n) is 9.57. The van der Waals surface area contributed by atoms with E-state index in [0.29, 0.717) is 0 Å². The van der Waals surface area contributed by atoms with E-state index in [4.69, 9.17) is 10.5 Å². The number of carbonyl (C=O) groups is 1. The molecule has 1 amide bonds. The highest BCUT2D eigenvalue weighted by Crippen LogP contribution is 2.36. The Labute approximate surface area is 112 Å². The molecule has 0 spiro atoms. The van der Waals surface area contributed by atoms with Crippen molar-refractivity contribution in [3.63, 3.8) is 0 Å². The van der Waals surface area contributed by atoms with Crippen LogP contribution in [0.25, 0.3) is 0 Å². The smallest absolute Gasteiger partial charge is 0.235 e. The van der Waals surface area contributed by atoms with E-state index >= 15 is 0 Å². The molecular formula is C11H11N3O2S2. The lowest BCUT2D eigenvalue weighted by Crippen LogP contribution is -2.18. The van der Waals surface area contributed by atoms with Crippen molar-refractivity contribution in [3.8, 4) is 5.75 Å². The van der Waals surface area contributed by atoms with Crippen LogP contribution in [-0.2, 0) is 4.79 Å². The fourth-order valence-corrected chi connectivity index (χ4v) is 3.01. The number of hydrogen-bond acceptors (Lipinski definition) is 6. The van der Waals surface area contributed by atoms with Crippen molar-refractivity contribution in [2.75, 3.05) is 7.11 Å². The lowest BCUT2D eigenvalue weighted by atomic mass is 10.1. The molecule has 5 nitrogen and oxygen atoms in total. The molecule has 7 heteroatoms. The van der Waals surface area contributed by atoms with Crippen LogP contribution in [0.15, 0.2) is 34.1 Å². The maximum atomic E-state index is 11.5. The zero-order valence-corrected chi connectivity index (χ0v) is 11.2. The number of nitrogens with two attached hydrogens (primary N) is 1. The number of primary amides is 1. The number of hydrogen-bond donors (Lipinski definition) is 1. The Morgan fingerprint density at radius 2 is 2.17 bits per heavy atom. The predicted molar refractivity (Wildman–Crippen MR) is 70.7 cm³/mol. The molecule has 1 atom stereocenters. The summed E-state index contributed by atoms with van der Waals surface area (Å²) in [7, 11) is 1.59. The van der Waals surface area contributed by atoms with Crippen LogP contribution in [0.5, 0.6) is 5.75 Å². The molecule has 1 unspecified atom stereocenters. The van der Waals surface area contributed by atoms with Gasteiger partial charge in [-0.15, -0.1) is 10.2 Å². The summed E-state index contributed by atoms with van der Waals surface area (Å²) in [6, 6.07) is 7.24. The van der Waals surface area contributed by atoms with Crippen molar-refractivity contribution in [2.45, 2.75) is 9.59 Å². The summed E-state index contributed by atoms with van der Waals surface area (Å²) in [4.78, 5) is 11.5. The lowest BCUT2D eigenvalue weighted by Gasteiger charge is -2.11. The largest absolute Gasteiger partial charge is 0.497 e. The van der Waals surface area contributed by atoms with E-state index in [1.165, 1.54) is 23.1 Å². The molecule has 1 heterocycles. The van der Waals surface area contributed by atoms with Gasteiger partial charge in [0, 0.05) is 0 Å². The molecule has 94 valence electrons. The summed E-state index contributed by atoms with van der Waals surface area (Å²) >= 11 is 2.68. The van der Waals surface area contributed by atoms with Crippen molar-refractivity contribution >= 4 is 29.0 Å². The van der Waals surface area contributed by atoms with Crippen molar-refractivity contribution in [2.24, 2.45) is 5.73 Å². The number of benzene rings is 1. The summed E-state index contributed by atoms with van der Waals surface area (Å²) < 4.78 is 5.79. The molecule has 0 fully saturated rings. The van der Waals surface area contributed by atoms with Gasteiger partial charge in [0.2, 0.25) is 5.91 Å². The van der Waals surface area contributed by atoms with Crippen LogP contribution >= 0.6 is 23.1 Å². The molecule has 2 N–H and O–H groups in total. The number of rotatable bonds is 5. The van der Waals surface area contributed by atoms with Gasteiger partial charge < -0.3 is 10.5 Å². The standard InChI is InChI=1S/C11H11N3O2S2/c1-16-8-4-2-7(3-5-8)9(10(12)15)18-11-14-13-6-17-11/h2-6,9H,1H3,(H2,12,15). The highest BCUT2D eigenvalue weighted by molar-refractivity contribution is 8.01. The number of ether oxygens (including phenoxy) is 1. The number of nitrogens with zero attached hydrogens (tertiary/aromatic N) is 2. The molecule has 0 aliphatic carbocycles. The van der Waals surface area contributed by atoms with Gasteiger partial charge in [-0.25, -0.2) is 0 Å². The van der Waals surface area contributed by atoms with E-state index in [1.54, 1.807) is 24.8 Å². The van der Waals surface area contributed by atoms with Gasteiger partial charge in [-0.05, 0) is 17.7 Å². The Hall–Kier alpha value is -1.60. The van der Waals surface area contributed by atoms with Gasteiger partial charge in [-0.2, -0.15) is 0 Å². The Morgan fingerprint density at radius 1 is 1.44 bits per heavy atom. The van der Waals surface area contributed by atoms with E-state index in [9.17, 15) is 4.79 Å². The zero-order chi connectivity index (χ0) is 13.0. The van der Waals surface area contributed by atoms with Gasteiger partial charge in [-0.1, -0.05) is 35.2 Å². The van der Waals surface area contributed by atoms with Crippen LogP contribution in [0.4, 0.5) is 0 Å². The van der Waals surface area contributed by atoms with E-state index < -0.39 is 11.2 Å². The van der Waals surface area contributed by atoms with Crippen molar-refractivity contribution in [1.29, 1.82) is 0 Å². The molecule has 1 aromatic heterocycles. The van der Waals surface area contributed by atoms with Crippen LogP contribution in [0.1, 0.15) is 10.8 Å². The van der Waals surface area contributed by atoms with Crippen LogP contribution in [0.3, 0.4) is 0 Å². The van der Waals surface area contributed by atoms with Crippen molar-refractivity contribution in [1.82, 2.24) is 10.2 Å². The van der Waals surface area contributed by atoms with Crippen molar-refractivity contribution < 1.29 is 9.53 Å². The maximum Gasteiger partial charge on any atom is 0.235 e. The Kier molecular flexibility index (Phi) is 4.16. The fourth-order valence-electron chi connectivity index (χ4n) is 1.38. The molecule has 1 aromatic carbocycles. The third kappa shape index (κ3) is 2.99. The molecule has 2 aromatic rings. The molecular weight excluding hydrogens is 270 g/mol. The molecule has 0 saturated carbocycles. The Bertz CT molecular complexity index is 514. The normalized spacial score (nSPS) is 12.1. The van der Waals surface area contributed by atoms with E-state index in [0.717, 1.165) is 15.7 Å². The second-order valence-corrected chi connectivity index (χ2v) is 5.56. The molecule has 18 heavy (non-hydrogen) atoms. The summed E-state index contributed by atoms with van der Waals surface area (Å²) in [5.74, 6) is 0.336. The van der Waals surface area contributed by atoms with Gasteiger partial charge in [0.1, 0.15) is 16.5 Å². The third-order valence-corrected chi connectivity index (χ3v) is 4.32. The summed E-state index contributed by atoms with van der Waals surface area (Å²) in [5.41, 5.74) is 7.86. The summed E-state index contributed by atoms with van der Waals surface area (Å²) in [6.45, 7) is 0. The second kappa shape index (κ2) is 5.83. The van der Waals surface area contributed by atoms with Gasteiger partial charge in [0.25, 0.3) is 0 Å². The van der Waals surface area contributed by atoms with Gasteiger partial charge in [0.15, 0.2) is 4.34 Å². The SMILES string of the molecule is COc1ccc(C(Sc2nncs2)C(N)=O)cc1. The number of carbonyl (C=O) groups excluding carboxylic acids is 1. The number of amides is 1. The van der Waals surface area contributed by atoms with Crippen LogP contribution in [-0.4, -0.2) is 23.2 Å². The van der Waals surface area contributed by atoms with E-state index in [-0.39, 0.29) is 0 Å². The number of methoxy groups -OCH3 is 1. The van der Waals surface area contributed by atoms with Gasteiger partial charge >= 0.3 is 0 Å². The molecule has 0 radical (unpaired) electrons. The minimum Gasteiger partial charge on any atom is -0.497 e. The summed E-state index contributed by atoms with van der Waals surface area (Å²) in [5, 5.41) is 7.16. The first-order chi connectivity index (χ1) is 8.70. The first-order valence-electron chi connectivity index (χ1n) is 5.07. The van der Waals surface area contributed by atoms with Crippen LogP contribution in [0.2, 0.25) is 0 Å². The highest BCUT2D eigenvalue weighted by atomic mass is 32.2. The molecule has 0 bridgehead atoms. The van der Waals surface area contributed by atoms with Gasteiger partial charge in [0.05, 0.1) is 7.11 Å². The Morgan fingerprint density at radius 3 is 2.67 bits per heavy atom. The Balaban J connectivity index is 2.21. The van der Waals surface area contributed by atoms with Crippen molar-refractivity contribution in [3.05, 3.63) is 35.3 Å². The van der Waals surface area contributed by atoms with Gasteiger partial charge in [-0.3, -0.25) is 4.79 Å². The average Bonchev–Trinajstić information content (AvgIpc) is 2.89. The maximum absolute atomic E-state index is 11.5. The van der Waals surface area contributed by atoms with E-state index in [2.05, 4.69) is 10.2 Å². The highest BCUT2D eigenvalue weighted by Gasteiger charge is 2.20. The number of aromatic nitrogens is 2. The lowest BCUT2D eigenvalue weighted by molar-refractivity contribution is -0.117. The minimum absolute atomic E-state index is 0.402. The summed E-state index contributed by atoms with van der Waals surface area (Å²) in [6.07, 6.45) is 0. The topological polar surface area (TPSA) is 78.1 Å². The molecule has 2 rings (SSSR count). The van der Waals surface area contributed by atoms with Crippen LogP contribution in [0, 0.1) is 0 Å². The molecule has 0 aliphatic rings. The fraction of sp³-hybridized carbons (Fsp3) is 0.182. The number of thioether (sulfide) groups is 1. The first-order valence-corrected chi connectivity index (χ1v) is 6.82. The quantitative estimate of drug-likeness (QED) is 0.846. The third-order valence-electron chi connectivity index (χ3n) is 2.24. The minimum atomic E-state index is -0.469. The average molecular weight is 281 g/mol. The molecule has 0 aliphatic heterocycles.